The maximum absolute atomic E-state index is 6.04. The van der Waals surface area contributed by atoms with Crippen molar-refractivity contribution in [3.05, 3.63) is 0 Å². The Morgan fingerprint density at radius 1 is 1.41 bits per heavy atom. The van der Waals surface area contributed by atoms with E-state index in [9.17, 15) is 0 Å². The van der Waals surface area contributed by atoms with Crippen molar-refractivity contribution < 1.29 is 9.47 Å². The maximum atomic E-state index is 6.04. The normalized spacial score (nSPS) is 40.4. The molecule has 3 aliphatic rings. The van der Waals surface area contributed by atoms with Crippen molar-refractivity contribution in [1.82, 2.24) is 5.32 Å². The average molecular weight is 257 g/mol. The first-order valence-electron chi connectivity index (χ1n) is 6.73. The van der Waals surface area contributed by atoms with Crippen molar-refractivity contribution in [2.24, 2.45) is 5.41 Å². The molecule has 0 radical (unpaired) electrons. The molecule has 3 aliphatic heterocycles. The van der Waals surface area contributed by atoms with E-state index >= 15 is 0 Å². The lowest BCUT2D eigenvalue weighted by atomic mass is 9.86. The van der Waals surface area contributed by atoms with Crippen LogP contribution in [0.1, 0.15) is 26.2 Å². The van der Waals surface area contributed by atoms with Crippen LogP contribution in [0.25, 0.3) is 0 Å². The van der Waals surface area contributed by atoms with Crippen LogP contribution in [-0.2, 0) is 9.47 Å². The van der Waals surface area contributed by atoms with Crippen LogP contribution in [-0.4, -0.2) is 49.5 Å². The van der Waals surface area contributed by atoms with Gasteiger partial charge in [-0.1, -0.05) is 6.92 Å². The molecule has 0 amide bonds. The summed E-state index contributed by atoms with van der Waals surface area (Å²) < 4.78 is 11.3. The van der Waals surface area contributed by atoms with Gasteiger partial charge in [0.15, 0.2) is 0 Å². The second kappa shape index (κ2) is 4.72. The first kappa shape index (κ1) is 12.3. The summed E-state index contributed by atoms with van der Waals surface area (Å²) in [6.45, 7) is 6.19. The van der Waals surface area contributed by atoms with Gasteiger partial charge in [0, 0.05) is 30.4 Å². The lowest BCUT2D eigenvalue weighted by Gasteiger charge is -2.42. The van der Waals surface area contributed by atoms with E-state index in [1.54, 1.807) is 0 Å². The summed E-state index contributed by atoms with van der Waals surface area (Å²) in [5.41, 5.74) is 0.591. The molecule has 2 atom stereocenters. The quantitative estimate of drug-likeness (QED) is 0.833. The molecule has 0 bridgehead atoms. The van der Waals surface area contributed by atoms with Gasteiger partial charge >= 0.3 is 0 Å². The van der Waals surface area contributed by atoms with Crippen LogP contribution in [0.3, 0.4) is 0 Å². The van der Waals surface area contributed by atoms with Gasteiger partial charge in [0.25, 0.3) is 0 Å². The van der Waals surface area contributed by atoms with Crippen molar-refractivity contribution >= 4 is 11.8 Å². The molecule has 1 N–H and O–H groups in total. The van der Waals surface area contributed by atoms with Crippen molar-refractivity contribution in [2.45, 2.75) is 37.8 Å². The topological polar surface area (TPSA) is 30.5 Å². The van der Waals surface area contributed by atoms with E-state index in [0.717, 1.165) is 26.4 Å². The Labute approximate surface area is 108 Å². The van der Waals surface area contributed by atoms with Crippen LogP contribution in [0.15, 0.2) is 0 Å². The first-order valence-corrected chi connectivity index (χ1v) is 7.88. The summed E-state index contributed by atoms with van der Waals surface area (Å²) >= 11 is 2.05. The highest BCUT2D eigenvalue weighted by Gasteiger charge is 2.41. The van der Waals surface area contributed by atoms with Gasteiger partial charge < -0.3 is 14.8 Å². The molecule has 4 heteroatoms. The molecular weight excluding hydrogens is 234 g/mol. The second-order valence-electron chi connectivity index (χ2n) is 6.21. The van der Waals surface area contributed by atoms with Crippen LogP contribution >= 0.6 is 11.8 Å². The number of nitrogens with one attached hydrogen (secondary N) is 1. The zero-order chi connectivity index (χ0) is 11.8. The Kier molecular flexibility index (Phi) is 3.41. The molecule has 3 nitrogen and oxygen atoms in total. The number of hydrogen-bond donors (Lipinski definition) is 1. The van der Waals surface area contributed by atoms with E-state index in [1.807, 2.05) is 11.8 Å². The molecule has 3 saturated heterocycles. The molecule has 3 heterocycles. The summed E-state index contributed by atoms with van der Waals surface area (Å²) in [6, 6.07) is 0.653. The molecule has 0 aromatic heterocycles. The molecule has 98 valence electrons. The SMILES string of the molecule is CC1(CNC2CCOC3(CCSC3)C2)COC1. The summed E-state index contributed by atoms with van der Waals surface area (Å²) in [6.07, 6.45) is 3.62. The zero-order valence-corrected chi connectivity index (χ0v) is 11.5. The highest BCUT2D eigenvalue weighted by atomic mass is 32.2. The predicted molar refractivity (Wildman–Crippen MR) is 70.6 cm³/mol. The minimum absolute atomic E-state index is 0.206. The van der Waals surface area contributed by atoms with E-state index in [1.165, 1.54) is 30.8 Å². The second-order valence-corrected chi connectivity index (χ2v) is 7.31. The Balaban J connectivity index is 1.50. The standard InChI is InChI=1S/C13H23NO2S/c1-12(8-15-9-12)7-14-11-2-4-16-13(6-11)3-5-17-10-13/h11,14H,2-10H2,1H3. The largest absolute Gasteiger partial charge is 0.380 e. The van der Waals surface area contributed by atoms with E-state index < -0.39 is 0 Å². The monoisotopic (exact) mass is 257 g/mol. The van der Waals surface area contributed by atoms with Crippen molar-refractivity contribution in [1.29, 1.82) is 0 Å². The molecule has 0 aliphatic carbocycles. The molecule has 3 rings (SSSR count). The molecule has 3 fully saturated rings. The van der Waals surface area contributed by atoms with Crippen molar-refractivity contribution in [3.63, 3.8) is 0 Å². The summed E-state index contributed by atoms with van der Waals surface area (Å²) in [7, 11) is 0. The number of rotatable bonds is 3. The fourth-order valence-electron chi connectivity index (χ4n) is 3.01. The summed E-state index contributed by atoms with van der Waals surface area (Å²) in [5.74, 6) is 2.48. The molecular formula is C13H23NO2S. The lowest BCUT2D eigenvalue weighted by Crippen LogP contribution is -2.53. The Bertz CT molecular complexity index is 275. The average Bonchev–Trinajstić information content (AvgIpc) is 2.72. The third-order valence-corrected chi connectivity index (χ3v) is 5.50. The van der Waals surface area contributed by atoms with Gasteiger partial charge in [-0.3, -0.25) is 0 Å². The van der Waals surface area contributed by atoms with Crippen LogP contribution in [0, 0.1) is 5.41 Å². The van der Waals surface area contributed by atoms with Crippen LogP contribution in [0.2, 0.25) is 0 Å². The van der Waals surface area contributed by atoms with E-state index in [0.29, 0.717) is 11.5 Å². The fraction of sp³-hybridized carbons (Fsp3) is 1.00. The van der Waals surface area contributed by atoms with Gasteiger partial charge in [0.05, 0.1) is 18.8 Å². The molecule has 1 spiro atoms. The third kappa shape index (κ3) is 2.65. The van der Waals surface area contributed by atoms with Gasteiger partial charge in [-0.15, -0.1) is 0 Å². The highest BCUT2D eigenvalue weighted by Crippen LogP contribution is 2.38. The Morgan fingerprint density at radius 2 is 2.29 bits per heavy atom. The van der Waals surface area contributed by atoms with Crippen LogP contribution in [0.4, 0.5) is 0 Å². The van der Waals surface area contributed by atoms with Crippen LogP contribution < -0.4 is 5.32 Å². The number of thioether (sulfide) groups is 1. The molecule has 0 aromatic carbocycles. The minimum atomic E-state index is 0.206. The van der Waals surface area contributed by atoms with E-state index in [-0.39, 0.29) is 5.60 Å². The molecule has 0 saturated carbocycles. The molecule has 0 aromatic rings. The number of ether oxygens (including phenoxy) is 2. The minimum Gasteiger partial charge on any atom is -0.380 e. The third-order valence-electron chi connectivity index (χ3n) is 4.28. The highest BCUT2D eigenvalue weighted by molar-refractivity contribution is 7.99. The Morgan fingerprint density at radius 3 is 2.94 bits per heavy atom. The van der Waals surface area contributed by atoms with Gasteiger partial charge in [0.1, 0.15) is 0 Å². The summed E-state index contributed by atoms with van der Waals surface area (Å²) in [4.78, 5) is 0. The molecule has 17 heavy (non-hydrogen) atoms. The van der Waals surface area contributed by atoms with Gasteiger partial charge in [-0.05, 0) is 25.0 Å². The summed E-state index contributed by atoms with van der Waals surface area (Å²) in [5, 5.41) is 3.75. The van der Waals surface area contributed by atoms with E-state index in [2.05, 4.69) is 12.2 Å². The van der Waals surface area contributed by atoms with E-state index in [4.69, 9.17) is 9.47 Å². The van der Waals surface area contributed by atoms with Gasteiger partial charge in [-0.2, -0.15) is 11.8 Å². The first-order chi connectivity index (χ1) is 8.20. The van der Waals surface area contributed by atoms with Crippen molar-refractivity contribution in [3.8, 4) is 0 Å². The van der Waals surface area contributed by atoms with Crippen LogP contribution in [0.5, 0.6) is 0 Å². The van der Waals surface area contributed by atoms with Gasteiger partial charge in [-0.25, -0.2) is 0 Å². The smallest absolute Gasteiger partial charge is 0.0795 e. The lowest BCUT2D eigenvalue weighted by molar-refractivity contribution is -0.106. The Hall–Kier alpha value is 0.230. The zero-order valence-electron chi connectivity index (χ0n) is 10.7. The predicted octanol–water partition coefficient (Wildman–Crippen LogP) is 1.67. The fourth-order valence-corrected chi connectivity index (χ4v) is 4.39. The molecule has 2 unspecified atom stereocenters. The maximum Gasteiger partial charge on any atom is 0.0795 e. The number of hydrogen-bond acceptors (Lipinski definition) is 4. The van der Waals surface area contributed by atoms with Crippen molar-refractivity contribution in [2.75, 3.05) is 37.9 Å². The van der Waals surface area contributed by atoms with Gasteiger partial charge in [0.2, 0.25) is 0 Å².